The fraction of sp³-hybridized carbons (Fsp3) is 0.800. The second-order valence-electron chi connectivity index (χ2n) is 3.98. The standard InChI is InChI=1S/C15H29NO3/c1-6-11-14(16-12-7-2)13-15(17-8-3,18-9-4)19-10-5/h11-12H,6-10,13H2,1-5H3. The van der Waals surface area contributed by atoms with E-state index in [2.05, 4.69) is 24.9 Å². The predicted octanol–water partition coefficient (Wildman–Crippen LogP) is 3.91. The highest BCUT2D eigenvalue weighted by Gasteiger charge is 2.33. The Bertz CT molecular complexity index is 258. The summed E-state index contributed by atoms with van der Waals surface area (Å²) in [6.45, 7) is 11.6. The van der Waals surface area contributed by atoms with Gasteiger partial charge < -0.3 is 14.2 Å². The molecule has 0 bridgehead atoms. The highest BCUT2D eigenvalue weighted by molar-refractivity contribution is 5.58. The zero-order valence-electron chi connectivity index (χ0n) is 13.1. The van der Waals surface area contributed by atoms with Gasteiger partial charge in [0.1, 0.15) is 0 Å². The lowest BCUT2D eigenvalue weighted by Crippen LogP contribution is -2.39. The molecular formula is C15H29NO3. The average molecular weight is 271 g/mol. The van der Waals surface area contributed by atoms with Gasteiger partial charge in [0.15, 0.2) is 0 Å². The van der Waals surface area contributed by atoms with Crippen molar-refractivity contribution in [3.05, 3.63) is 11.8 Å². The van der Waals surface area contributed by atoms with Crippen molar-refractivity contribution in [1.82, 2.24) is 0 Å². The predicted molar refractivity (Wildman–Crippen MR) is 79.4 cm³/mol. The van der Waals surface area contributed by atoms with E-state index in [0.29, 0.717) is 26.2 Å². The van der Waals surface area contributed by atoms with Gasteiger partial charge in [0.2, 0.25) is 0 Å². The van der Waals surface area contributed by atoms with Gasteiger partial charge in [-0.2, -0.15) is 0 Å². The smallest absolute Gasteiger partial charge is 0.288 e. The first-order valence-corrected chi connectivity index (χ1v) is 7.31. The van der Waals surface area contributed by atoms with Crippen LogP contribution >= 0.6 is 0 Å². The molecule has 112 valence electrons. The fourth-order valence-corrected chi connectivity index (χ4v) is 1.77. The maximum absolute atomic E-state index is 5.71. The number of aliphatic imine (C=N–C) groups is 1. The Labute approximate surface area is 117 Å². The van der Waals surface area contributed by atoms with Crippen LogP contribution in [0.4, 0.5) is 0 Å². The Morgan fingerprint density at radius 2 is 1.42 bits per heavy atom. The molecule has 0 aromatic carbocycles. The zero-order valence-corrected chi connectivity index (χ0v) is 13.1. The second kappa shape index (κ2) is 11.1. The summed E-state index contributed by atoms with van der Waals surface area (Å²) in [5, 5.41) is 0. The van der Waals surface area contributed by atoms with Crippen molar-refractivity contribution in [2.24, 2.45) is 4.99 Å². The molecule has 0 aromatic rings. The largest absolute Gasteiger partial charge is 0.327 e. The summed E-state index contributed by atoms with van der Waals surface area (Å²) < 4.78 is 17.1. The van der Waals surface area contributed by atoms with E-state index in [1.807, 2.05) is 27.0 Å². The van der Waals surface area contributed by atoms with Gasteiger partial charge in [-0.05, 0) is 33.6 Å². The first-order chi connectivity index (χ1) is 9.17. The Morgan fingerprint density at radius 1 is 0.895 bits per heavy atom. The van der Waals surface area contributed by atoms with Crippen LogP contribution in [0.2, 0.25) is 0 Å². The number of nitrogens with zero attached hydrogens (tertiary/aromatic N) is 1. The molecular weight excluding hydrogens is 242 g/mol. The number of rotatable bonds is 11. The Morgan fingerprint density at radius 3 is 1.79 bits per heavy atom. The summed E-state index contributed by atoms with van der Waals surface area (Å²) in [4.78, 5) is 4.46. The molecule has 0 radical (unpaired) electrons. The van der Waals surface area contributed by atoms with E-state index in [1.165, 1.54) is 0 Å². The first kappa shape index (κ1) is 18.3. The molecule has 0 unspecified atom stereocenters. The van der Waals surface area contributed by atoms with E-state index in [1.54, 1.807) is 0 Å². The minimum atomic E-state index is -1.01. The first-order valence-electron chi connectivity index (χ1n) is 7.31. The molecule has 0 saturated carbocycles. The zero-order chi connectivity index (χ0) is 14.6. The van der Waals surface area contributed by atoms with Gasteiger partial charge in [-0.15, -0.1) is 0 Å². The van der Waals surface area contributed by atoms with E-state index in [4.69, 9.17) is 14.2 Å². The summed E-state index contributed by atoms with van der Waals surface area (Å²) in [6, 6.07) is 0. The second-order valence-corrected chi connectivity index (χ2v) is 3.98. The third-order valence-corrected chi connectivity index (χ3v) is 2.37. The molecule has 0 aliphatic rings. The lowest BCUT2D eigenvalue weighted by Gasteiger charge is -2.32. The summed E-state index contributed by atoms with van der Waals surface area (Å²) in [6.07, 6.45) is 6.32. The maximum Gasteiger partial charge on any atom is 0.288 e. The van der Waals surface area contributed by atoms with Crippen molar-refractivity contribution >= 4 is 6.21 Å². The van der Waals surface area contributed by atoms with Crippen LogP contribution in [0.3, 0.4) is 0 Å². The van der Waals surface area contributed by atoms with E-state index in [0.717, 1.165) is 18.5 Å². The van der Waals surface area contributed by atoms with Crippen molar-refractivity contribution in [3.8, 4) is 0 Å². The third kappa shape index (κ3) is 7.45. The lowest BCUT2D eigenvalue weighted by atomic mass is 10.2. The minimum absolute atomic E-state index is 0.507. The highest BCUT2D eigenvalue weighted by Crippen LogP contribution is 2.25. The van der Waals surface area contributed by atoms with Crippen molar-refractivity contribution in [3.63, 3.8) is 0 Å². The SMILES string of the molecule is CCC=NC(=CCC)CC(OCC)(OCC)OCC. The molecule has 19 heavy (non-hydrogen) atoms. The Kier molecular flexibility index (Phi) is 10.7. The molecule has 0 rings (SSSR count). The molecule has 0 fully saturated rings. The van der Waals surface area contributed by atoms with E-state index in [9.17, 15) is 0 Å². The summed E-state index contributed by atoms with van der Waals surface area (Å²) in [5.74, 6) is -1.01. The number of hydrogen-bond donors (Lipinski definition) is 0. The van der Waals surface area contributed by atoms with Gasteiger partial charge in [0.05, 0.1) is 6.42 Å². The van der Waals surface area contributed by atoms with Gasteiger partial charge in [-0.25, -0.2) is 0 Å². The molecule has 4 nitrogen and oxygen atoms in total. The van der Waals surface area contributed by atoms with Crippen LogP contribution in [0.15, 0.2) is 16.8 Å². The average Bonchev–Trinajstić information content (AvgIpc) is 2.37. The molecule has 0 aliphatic heterocycles. The molecule has 0 spiro atoms. The molecule has 0 saturated heterocycles. The molecule has 0 N–H and O–H groups in total. The highest BCUT2D eigenvalue weighted by atomic mass is 16.9. The fourth-order valence-electron chi connectivity index (χ4n) is 1.77. The Balaban J connectivity index is 5.00. The molecule has 4 heteroatoms. The van der Waals surface area contributed by atoms with Crippen molar-refractivity contribution < 1.29 is 14.2 Å². The van der Waals surface area contributed by atoms with Gasteiger partial charge >= 0.3 is 0 Å². The molecule has 0 heterocycles. The monoisotopic (exact) mass is 271 g/mol. The van der Waals surface area contributed by atoms with Crippen LogP contribution in [0, 0.1) is 0 Å². The summed E-state index contributed by atoms with van der Waals surface area (Å²) in [7, 11) is 0. The van der Waals surface area contributed by atoms with Crippen LogP contribution in [-0.4, -0.2) is 32.0 Å². The van der Waals surface area contributed by atoms with Crippen LogP contribution in [0.25, 0.3) is 0 Å². The molecule has 0 atom stereocenters. The Hall–Kier alpha value is -0.710. The van der Waals surface area contributed by atoms with E-state index < -0.39 is 5.97 Å². The van der Waals surface area contributed by atoms with Crippen LogP contribution in [0.5, 0.6) is 0 Å². The van der Waals surface area contributed by atoms with Gasteiger partial charge in [-0.1, -0.05) is 19.9 Å². The molecule has 0 amide bonds. The normalized spacial score (nSPS) is 13.4. The number of ether oxygens (including phenoxy) is 3. The minimum Gasteiger partial charge on any atom is -0.327 e. The van der Waals surface area contributed by atoms with Gasteiger partial charge in [-0.3, -0.25) is 4.99 Å². The van der Waals surface area contributed by atoms with Crippen molar-refractivity contribution in [2.75, 3.05) is 19.8 Å². The summed E-state index contributed by atoms with van der Waals surface area (Å²) >= 11 is 0. The maximum atomic E-state index is 5.71. The quantitative estimate of drug-likeness (QED) is 0.422. The van der Waals surface area contributed by atoms with E-state index >= 15 is 0 Å². The lowest BCUT2D eigenvalue weighted by molar-refractivity contribution is -0.375. The van der Waals surface area contributed by atoms with Crippen LogP contribution in [0.1, 0.15) is 53.9 Å². The van der Waals surface area contributed by atoms with Gasteiger partial charge in [0, 0.05) is 31.7 Å². The molecule has 0 aliphatic carbocycles. The number of hydrogen-bond acceptors (Lipinski definition) is 4. The molecule has 0 aromatic heterocycles. The third-order valence-electron chi connectivity index (χ3n) is 2.37. The van der Waals surface area contributed by atoms with E-state index in [-0.39, 0.29) is 0 Å². The van der Waals surface area contributed by atoms with Crippen LogP contribution < -0.4 is 0 Å². The summed E-state index contributed by atoms with van der Waals surface area (Å²) in [5.41, 5.74) is 0.944. The van der Waals surface area contributed by atoms with Crippen LogP contribution in [-0.2, 0) is 14.2 Å². The van der Waals surface area contributed by atoms with Gasteiger partial charge in [0.25, 0.3) is 5.97 Å². The number of allylic oxidation sites excluding steroid dienone is 1. The van der Waals surface area contributed by atoms with Crippen molar-refractivity contribution in [1.29, 1.82) is 0 Å². The topological polar surface area (TPSA) is 40.0 Å². The van der Waals surface area contributed by atoms with Crippen molar-refractivity contribution in [2.45, 2.75) is 59.9 Å².